The average Bonchev–Trinajstić information content (AvgIpc) is 3.14. The number of aliphatic hydroxyl groups excluding tert-OH is 1. The summed E-state index contributed by atoms with van der Waals surface area (Å²) in [7, 11) is 0. The fraction of sp³-hybridized carbons (Fsp3) is 0.458. The zero-order valence-electron chi connectivity index (χ0n) is 16.6. The molecule has 2 aliphatic heterocycles. The van der Waals surface area contributed by atoms with E-state index in [2.05, 4.69) is 31.2 Å². The van der Waals surface area contributed by atoms with Crippen molar-refractivity contribution >= 4 is 5.91 Å². The van der Waals surface area contributed by atoms with Crippen molar-refractivity contribution in [1.29, 1.82) is 0 Å². The van der Waals surface area contributed by atoms with Gasteiger partial charge in [0.2, 0.25) is 0 Å². The molecule has 1 N–H and O–H groups in total. The maximum atomic E-state index is 13.0. The number of likely N-dealkylation sites (tertiary alicyclic amines) is 1. The molecule has 2 fully saturated rings. The smallest absolute Gasteiger partial charge is 0.253 e. The molecule has 0 unspecified atom stereocenters. The number of hydrogen-bond acceptors (Lipinski definition) is 3. The highest BCUT2D eigenvalue weighted by atomic mass is 16.5. The van der Waals surface area contributed by atoms with Crippen LogP contribution in [0, 0.1) is 11.3 Å². The Morgan fingerprint density at radius 3 is 2.43 bits per heavy atom. The van der Waals surface area contributed by atoms with E-state index in [-0.39, 0.29) is 23.8 Å². The normalized spacial score (nSPS) is 24.2. The zero-order chi connectivity index (χ0) is 19.6. The van der Waals surface area contributed by atoms with Gasteiger partial charge in [0.25, 0.3) is 5.91 Å². The maximum Gasteiger partial charge on any atom is 0.253 e. The third-order valence-electron chi connectivity index (χ3n) is 6.44. The molecule has 2 saturated heterocycles. The first-order valence-electron chi connectivity index (χ1n) is 10.3. The molecule has 2 atom stereocenters. The summed E-state index contributed by atoms with van der Waals surface area (Å²) >= 11 is 0. The molecule has 1 amide bonds. The fourth-order valence-electron chi connectivity index (χ4n) is 4.60. The topological polar surface area (TPSA) is 49.8 Å². The van der Waals surface area contributed by atoms with Crippen molar-refractivity contribution in [3.63, 3.8) is 0 Å². The third kappa shape index (κ3) is 3.59. The first kappa shape index (κ1) is 19.2. The number of nitrogens with zero attached hydrogens (tertiary/aromatic N) is 1. The number of amides is 1. The van der Waals surface area contributed by atoms with E-state index in [1.54, 1.807) is 0 Å². The molecule has 0 bridgehead atoms. The monoisotopic (exact) mass is 379 g/mol. The van der Waals surface area contributed by atoms with Gasteiger partial charge in [0, 0.05) is 36.6 Å². The molecule has 148 valence electrons. The molecule has 4 rings (SSSR count). The molecule has 0 aliphatic carbocycles. The van der Waals surface area contributed by atoms with Gasteiger partial charge >= 0.3 is 0 Å². The van der Waals surface area contributed by atoms with Crippen LogP contribution in [0.5, 0.6) is 0 Å². The Morgan fingerprint density at radius 1 is 1.14 bits per heavy atom. The lowest BCUT2D eigenvalue weighted by Crippen LogP contribution is -2.41. The van der Waals surface area contributed by atoms with Crippen LogP contribution < -0.4 is 0 Å². The van der Waals surface area contributed by atoms with Crippen LogP contribution >= 0.6 is 0 Å². The second-order valence-corrected chi connectivity index (χ2v) is 8.25. The Hall–Kier alpha value is -2.17. The Balaban J connectivity index is 1.47. The van der Waals surface area contributed by atoms with Crippen molar-refractivity contribution in [1.82, 2.24) is 4.90 Å². The summed E-state index contributed by atoms with van der Waals surface area (Å²) in [6.45, 7) is 4.91. The SMILES string of the molecule is CCCc1ccc(-c2ccc(C(=O)N3C[C@@H]4COCC[C@]4(CO)C3)cc2)cc1. The molecule has 2 aliphatic rings. The average molecular weight is 380 g/mol. The molecule has 2 aromatic rings. The van der Waals surface area contributed by atoms with Gasteiger partial charge in [0.1, 0.15) is 0 Å². The van der Waals surface area contributed by atoms with Gasteiger partial charge in [-0.3, -0.25) is 4.79 Å². The third-order valence-corrected chi connectivity index (χ3v) is 6.44. The van der Waals surface area contributed by atoms with Crippen LogP contribution in [0.25, 0.3) is 11.1 Å². The molecule has 2 heterocycles. The molecule has 28 heavy (non-hydrogen) atoms. The fourth-order valence-corrected chi connectivity index (χ4v) is 4.60. The lowest BCUT2D eigenvalue weighted by Gasteiger charge is -2.36. The lowest BCUT2D eigenvalue weighted by molar-refractivity contribution is -0.0415. The minimum atomic E-state index is -0.186. The second kappa shape index (κ2) is 8.06. The lowest BCUT2D eigenvalue weighted by atomic mass is 9.75. The summed E-state index contributed by atoms with van der Waals surface area (Å²) in [5.41, 5.74) is 4.17. The van der Waals surface area contributed by atoms with Crippen LogP contribution in [-0.2, 0) is 11.2 Å². The number of benzene rings is 2. The molecule has 2 aromatic carbocycles. The maximum absolute atomic E-state index is 13.0. The molecular formula is C24H29NO3. The second-order valence-electron chi connectivity index (χ2n) is 8.25. The Labute approximate surface area is 167 Å². The summed E-state index contributed by atoms with van der Waals surface area (Å²) in [5.74, 6) is 0.281. The van der Waals surface area contributed by atoms with Crippen LogP contribution in [0.4, 0.5) is 0 Å². The molecule has 4 heteroatoms. The molecule has 0 saturated carbocycles. The van der Waals surface area contributed by atoms with Crippen LogP contribution in [0.1, 0.15) is 35.7 Å². The molecule has 0 spiro atoms. The first-order valence-corrected chi connectivity index (χ1v) is 10.3. The number of carbonyl (C=O) groups excluding carboxylic acids is 1. The Bertz CT molecular complexity index is 815. The molecular weight excluding hydrogens is 350 g/mol. The van der Waals surface area contributed by atoms with Gasteiger partial charge in [-0.15, -0.1) is 0 Å². The van der Waals surface area contributed by atoms with E-state index >= 15 is 0 Å². The Kier molecular flexibility index (Phi) is 5.51. The van der Waals surface area contributed by atoms with Gasteiger partial charge in [-0.25, -0.2) is 0 Å². The predicted molar refractivity (Wildman–Crippen MR) is 110 cm³/mol. The van der Waals surface area contributed by atoms with E-state index in [1.807, 2.05) is 29.2 Å². The number of ether oxygens (including phenoxy) is 1. The van der Waals surface area contributed by atoms with Crippen molar-refractivity contribution < 1.29 is 14.6 Å². The van der Waals surface area contributed by atoms with Crippen molar-refractivity contribution in [2.45, 2.75) is 26.2 Å². The van der Waals surface area contributed by atoms with Crippen molar-refractivity contribution in [2.24, 2.45) is 11.3 Å². The summed E-state index contributed by atoms with van der Waals surface area (Å²) < 4.78 is 5.58. The first-order chi connectivity index (χ1) is 13.6. The van der Waals surface area contributed by atoms with Crippen LogP contribution in [-0.4, -0.2) is 48.8 Å². The van der Waals surface area contributed by atoms with E-state index in [1.165, 1.54) is 11.1 Å². The van der Waals surface area contributed by atoms with Crippen molar-refractivity contribution in [2.75, 3.05) is 32.9 Å². The van der Waals surface area contributed by atoms with Gasteiger partial charge in [-0.05, 0) is 41.7 Å². The minimum absolute atomic E-state index is 0.0482. The summed E-state index contributed by atoms with van der Waals surface area (Å²) in [6, 6.07) is 16.5. The standard InChI is InChI=1S/C24H29NO3/c1-2-3-18-4-6-19(7-5-18)20-8-10-21(11-9-20)23(27)25-14-22-15-28-13-12-24(22,16-25)17-26/h4-11,22,26H,2-3,12-17H2,1H3/t22-,24-/m1/s1. The number of aliphatic hydroxyl groups is 1. The largest absolute Gasteiger partial charge is 0.396 e. The Morgan fingerprint density at radius 2 is 1.82 bits per heavy atom. The predicted octanol–water partition coefficient (Wildman–Crippen LogP) is 3.78. The van der Waals surface area contributed by atoms with Crippen LogP contribution in [0.2, 0.25) is 0 Å². The molecule has 4 nitrogen and oxygen atoms in total. The van der Waals surface area contributed by atoms with E-state index in [9.17, 15) is 9.90 Å². The number of fused-ring (bicyclic) bond motifs is 1. The number of rotatable bonds is 5. The van der Waals surface area contributed by atoms with E-state index in [0.29, 0.717) is 31.9 Å². The quantitative estimate of drug-likeness (QED) is 0.860. The van der Waals surface area contributed by atoms with Gasteiger partial charge in [-0.2, -0.15) is 0 Å². The van der Waals surface area contributed by atoms with Gasteiger partial charge in [0.15, 0.2) is 0 Å². The van der Waals surface area contributed by atoms with Crippen molar-refractivity contribution in [3.8, 4) is 11.1 Å². The highest BCUT2D eigenvalue weighted by Crippen LogP contribution is 2.42. The van der Waals surface area contributed by atoms with E-state index < -0.39 is 0 Å². The van der Waals surface area contributed by atoms with Gasteiger partial charge in [-0.1, -0.05) is 49.7 Å². The summed E-state index contributed by atoms with van der Waals surface area (Å²) in [6.07, 6.45) is 3.08. The van der Waals surface area contributed by atoms with Gasteiger partial charge in [0.05, 0.1) is 13.2 Å². The minimum Gasteiger partial charge on any atom is -0.396 e. The summed E-state index contributed by atoms with van der Waals surface area (Å²) in [5, 5.41) is 9.94. The highest BCUT2D eigenvalue weighted by Gasteiger charge is 2.49. The molecule has 0 radical (unpaired) electrons. The number of hydrogen-bond donors (Lipinski definition) is 1. The van der Waals surface area contributed by atoms with Crippen LogP contribution in [0.3, 0.4) is 0 Å². The highest BCUT2D eigenvalue weighted by molar-refractivity contribution is 5.95. The molecule has 0 aromatic heterocycles. The number of carbonyl (C=O) groups is 1. The van der Waals surface area contributed by atoms with Crippen LogP contribution in [0.15, 0.2) is 48.5 Å². The van der Waals surface area contributed by atoms with Gasteiger partial charge < -0.3 is 14.7 Å². The summed E-state index contributed by atoms with van der Waals surface area (Å²) in [4.78, 5) is 14.9. The number of aryl methyl sites for hydroxylation is 1. The van der Waals surface area contributed by atoms with E-state index in [0.717, 1.165) is 24.8 Å². The van der Waals surface area contributed by atoms with E-state index in [4.69, 9.17) is 4.74 Å². The zero-order valence-corrected chi connectivity index (χ0v) is 16.6. The van der Waals surface area contributed by atoms with Crippen molar-refractivity contribution in [3.05, 3.63) is 59.7 Å².